The zero-order valence-corrected chi connectivity index (χ0v) is 9.24. The monoisotopic (exact) mass is 197 g/mol. The molecule has 2 fully saturated rings. The van der Waals surface area contributed by atoms with Gasteiger partial charge in [-0.3, -0.25) is 0 Å². The predicted molar refractivity (Wildman–Crippen MR) is 58.1 cm³/mol. The normalized spacial score (nSPS) is 36.4. The molecule has 0 aromatic carbocycles. The first-order valence-electron chi connectivity index (χ1n) is 6.14. The van der Waals surface area contributed by atoms with E-state index in [2.05, 4.69) is 6.92 Å². The van der Waals surface area contributed by atoms with Gasteiger partial charge in [-0.05, 0) is 24.7 Å². The maximum atomic E-state index is 6.22. The van der Waals surface area contributed by atoms with Gasteiger partial charge in [-0.1, -0.05) is 32.6 Å². The molecule has 14 heavy (non-hydrogen) atoms. The highest BCUT2D eigenvalue weighted by Gasteiger charge is 2.31. The molecule has 0 spiro atoms. The number of nitrogens with two attached hydrogens (primary N) is 1. The van der Waals surface area contributed by atoms with Crippen molar-refractivity contribution in [3.63, 3.8) is 0 Å². The molecule has 3 unspecified atom stereocenters. The maximum Gasteiger partial charge on any atom is 0.0752 e. The minimum absolute atomic E-state index is 0.288. The Balaban J connectivity index is 1.78. The van der Waals surface area contributed by atoms with Crippen LogP contribution in [0.3, 0.4) is 0 Å². The standard InChI is InChI=1S/C12H23NO/c1-9-6-7-14-12(9)11(13)8-10-4-2-3-5-10/h9-12H,2-8,13H2,1H3. The van der Waals surface area contributed by atoms with Gasteiger partial charge in [0.15, 0.2) is 0 Å². The second-order valence-electron chi connectivity index (χ2n) is 5.15. The number of rotatable bonds is 3. The van der Waals surface area contributed by atoms with E-state index < -0.39 is 0 Å². The fraction of sp³-hybridized carbons (Fsp3) is 1.00. The Morgan fingerprint density at radius 2 is 2.00 bits per heavy atom. The van der Waals surface area contributed by atoms with Crippen LogP contribution in [0.15, 0.2) is 0 Å². The van der Waals surface area contributed by atoms with Crippen LogP contribution in [0, 0.1) is 11.8 Å². The summed E-state index contributed by atoms with van der Waals surface area (Å²) in [6.07, 6.45) is 8.36. The van der Waals surface area contributed by atoms with Crippen LogP contribution in [-0.2, 0) is 4.74 Å². The van der Waals surface area contributed by atoms with Crippen LogP contribution in [0.25, 0.3) is 0 Å². The van der Waals surface area contributed by atoms with Crippen molar-refractivity contribution in [3.05, 3.63) is 0 Å². The summed E-state index contributed by atoms with van der Waals surface area (Å²) in [6.45, 7) is 3.19. The van der Waals surface area contributed by atoms with Gasteiger partial charge in [-0.2, -0.15) is 0 Å². The third kappa shape index (κ3) is 2.29. The second kappa shape index (κ2) is 4.63. The van der Waals surface area contributed by atoms with Crippen molar-refractivity contribution in [2.45, 2.75) is 57.6 Å². The summed E-state index contributed by atoms with van der Waals surface area (Å²) in [4.78, 5) is 0. The summed E-state index contributed by atoms with van der Waals surface area (Å²) >= 11 is 0. The molecule has 0 radical (unpaired) electrons. The minimum Gasteiger partial charge on any atom is -0.376 e. The van der Waals surface area contributed by atoms with E-state index in [9.17, 15) is 0 Å². The topological polar surface area (TPSA) is 35.2 Å². The molecular weight excluding hydrogens is 174 g/mol. The van der Waals surface area contributed by atoms with Crippen molar-refractivity contribution in [2.75, 3.05) is 6.61 Å². The number of hydrogen-bond donors (Lipinski definition) is 1. The first kappa shape index (κ1) is 10.4. The molecule has 1 saturated heterocycles. The third-order valence-corrected chi connectivity index (χ3v) is 3.95. The van der Waals surface area contributed by atoms with Crippen LogP contribution in [0.4, 0.5) is 0 Å². The van der Waals surface area contributed by atoms with Crippen LogP contribution in [0.1, 0.15) is 45.4 Å². The summed E-state index contributed by atoms with van der Waals surface area (Å²) in [7, 11) is 0. The maximum absolute atomic E-state index is 6.22. The molecule has 3 atom stereocenters. The summed E-state index contributed by atoms with van der Waals surface area (Å²) < 4.78 is 5.71. The van der Waals surface area contributed by atoms with Crippen molar-refractivity contribution in [3.8, 4) is 0 Å². The van der Waals surface area contributed by atoms with E-state index in [4.69, 9.17) is 10.5 Å². The van der Waals surface area contributed by atoms with Gasteiger partial charge in [-0.15, -0.1) is 0 Å². The van der Waals surface area contributed by atoms with Crippen molar-refractivity contribution >= 4 is 0 Å². The highest BCUT2D eigenvalue weighted by atomic mass is 16.5. The third-order valence-electron chi connectivity index (χ3n) is 3.95. The molecule has 0 aromatic heterocycles. The van der Waals surface area contributed by atoms with E-state index in [1.54, 1.807) is 0 Å². The highest BCUT2D eigenvalue weighted by molar-refractivity contribution is 4.85. The Hall–Kier alpha value is -0.0800. The average Bonchev–Trinajstić information content (AvgIpc) is 2.75. The number of ether oxygens (including phenoxy) is 1. The number of hydrogen-bond acceptors (Lipinski definition) is 2. The zero-order chi connectivity index (χ0) is 9.97. The molecule has 82 valence electrons. The molecule has 2 aliphatic rings. The molecule has 0 aromatic rings. The second-order valence-corrected chi connectivity index (χ2v) is 5.15. The molecule has 2 rings (SSSR count). The van der Waals surface area contributed by atoms with Gasteiger partial charge in [0.25, 0.3) is 0 Å². The SMILES string of the molecule is CC1CCOC1C(N)CC1CCCC1. The van der Waals surface area contributed by atoms with Crippen LogP contribution < -0.4 is 5.73 Å². The van der Waals surface area contributed by atoms with E-state index in [-0.39, 0.29) is 6.04 Å². The molecule has 1 aliphatic carbocycles. The smallest absolute Gasteiger partial charge is 0.0752 e. The molecular formula is C12H23NO. The van der Waals surface area contributed by atoms with E-state index >= 15 is 0 Å². The lowest BCUT2D eigenvalue weighted by Gasteiger charge is -2.24. The molecule has 0 amide bonds. The van der Waals surface area contributed by atoms with E-state index in [0.717, 1.165) is 12.5 Å². The van der Waals surface area contributed by atoms with Gasteiger partial charge in [0.1, 0.15) is 0 Å². The Bertz CT molecular complexity index is 177. The Labute approximate surface area is 87.2 Å². The molecule has 0 bridgehead atoms. The van der Waals surface area contributed by atoms with E-state index in [1.807, 2.05) is 0 Å². The average molecular weight is 197 g/mol. The molecule has 2 N–H and O–H groups in total. The summed E-state index contributed by atoms with van der Waals surface area (Å²) in [5.74, 6) is 1.56. The lowest BCUT2D eigenvalue weighted by molar-refractivity contribution is 0.0654. The van der Waals surface area contributed by atoms with Gasteiger partial charge >= 0.3 is 0 Å². The largest absolute Gasteiger partial charge is 0.376 e. The molecule has 2 nitrogen and oxygen atoms in total. The quantitative estimate of drug-likeness (QED) is 0.753. The van der Waals surface area contributed by atoms with Crippen LogP contribution >= 0.6 is 0 Å². The summed E-state index contributed by atoms with van der Waals surface area (Å²) in [5.41, 5.74) is 6.22. The summed E-state index contributed by atoms with van der Waals surface area (Å²) in [5, 5.41) is 0. The van der Waals surface area contributed by atoms with E-state index in [1.165, 1.54) is 38.5 Å². The lowest BCUT2D eigenvalue weighted by Crippen LogP contribution is -2.38. The fourth-order valence-electron chi connectivity index (χ4n) is 3.03. The Morgan fingerprint density at radius 1 is 1.29 bits per heavy atom. The molecule has 2 heteroatoms. The molecule has 1 heterocycles. The van der Waals surface area contributed by atoms with Crippen molar-refractivity contribution < 1.29 is 4.74 Å². The van der Waals surface area contributed by atoms with Crippen molar-refractivity contribution in [1.82, 2.24) is 0 Å². The summed E-state index contributed by atoms with van der Waals surface area (Å²) in [6, 6.07) is 0.288. The predicted octanol–water partition coefficient (Wildman–Crippen LogP) is 2.32. The van der Waals surface area contributed by atoms with Crippen LogP contribution in [-0.4, -0.2) is 18.8 Å². The zero-order valence-electron chi connectivity index (χ0n) is 9.24. The van der Waals surface area contributed by atoms with Crippen LogP contribution in [0.5, 0.6) is 0 Å². The van der Waals surface area contributed by atoms with Gasteiger partial charge < -0.3 is 10.5 Å². The molecule has 1 saturated carbocycles. The van der Waals surface area contributed by atoms with Crippen LogP contribution in [0.2, 0.25) is 0 Å². The van der Waals surface area contributed by atoms with Gasteiger partial charge in [-0.25, -0.2) is 0 Å². The van der Waals surface area contributed by atoms with Gasteiger partial charge in [0.2, 0.25) is 0 Å². The van der Waals surface area contributed by atoms with E-state index in [0.29, 0.717) is 12.0 Å². The Kier molecular flexibility index (Phi) is 3.45. The minimum atomic E-state index is 0.288. The fourth-order valence-corrected chi connectivity index (χ4v) is 3.03. The highest BCUT2D eigenvalue weighted by Crippen LogP contribution is 2.31. The van der Waals surface area contributed by atoms with Gasteiger partial charge in [0.05, 0.1) is 6.10 Å². The first-order valence-corrected chi connectivity index (χ1v) is 6.14. The Morgan fingerprint density at radius 3 is 2.57 bits per heavy atom. The van der Waals surface area contributed by atoms with Crippen molar-refractivity contribution in [2.24, 2.45) is 17.6 Å². The lowest BCUT2D eigenvalue weighted by atomic mass is 9.90. The molecule has 1 aliphatic heterocycles. The van der Waals surface area contributed by atoms with Crippen molar-refractivity contribution in [1.29, 1.82) is 0 Å². The van der Waals surface area contributed by atoms with Gasteiger partial charge in [0, 0.05) is 12.6 Å². The first-order chi connectivity index (χ1) is 6.77.